The van der Waals surface area contributed by atoms with Crippen LogP contribution in [0.4, 0.5) is 14.5 Å². The Kier molecular flexibility index (Phi) is 4.20. The average Bonchev–Trinajstić information content (AvgIpc) is 2.86. The maximum Gasteiger partial charge on any atom is 0.231 e. The first kappa shape index (κ1) is 14.4. The lowest BCUT2D eigenvalue weighted by atomic mass is 9.83. The first-order valence-electron chi connectivity index (χ1n) is 6.15. The molecule has 19 heavy (non-hydrogen) atoms. The molecule has 1 amide bonds. The third-order valence-electron chi connectivity index (χ3n) is 3.66. The van der Waals surface area contributed by atoms with Gasteiger partial charge in [0.2, 0.25) is 5.91 Å². The van der Waals surface area contributed by atoms with Gasteiger partial charge in [-0.2, -0.15) is 0 Å². The van der Waals surface area contributed by atoms with Crippen LogP contribution in [0.15, 0.2) is 16.6 Å². The second-order valence-electron chi connectivity index (χ2n) is 4.76. The van der Waals surface area contributed by atoms with E-state index in [1.54, 1.807) is 0 Å². The van der Waals surface area contributed by atoms with Crippen LogP contribution in [0.5, 0.6) is 0 Å². The molecule has 3 nitrogen and oxygen atoms in total. The van der Waals surface area contributed by atoms with E-state index in [9.17, 15) is 13.6 Å². The third-order valence-corrected chi connectivity index (χ3v) is 4.27. The number of nitrogens with one attached hydrogen (secondary N) is 2. The lowest BCUT2D eigenvalue weighted by Gasteiger charge is -2.25. The van der Waals surface area contributed by atoms with Crippen LogP contribution in [0.25, 0.3) is 0 Å². The van der Waals surface area contributed by atoms with Crippen molar-refractivity contribution in [3.8, 4) is 0 Å². The van der Waals surface area contributed by atoms with Crippen molar-refractivity contribution in [2.75, 3.05) is 18.4 Å². The van der Waals surface area contributed by atoms with Crippen molar-refractivity contribution >= 4 is 27.5 Å². The summed E-state index contributed by atoms with van der Waals surface area (Å²) in [5.74, 6) is -1.69. The summed E-state index contributed by atoms with van der Waals surface area (Å²) in [4.78, 5) is 12.3. The van der Waals surface area contributed by atoms with Crippen LogP contribution in [0, 0.1) is 17.0 Å². The highest BCUT2D eigenvalue weighted by molar-refractivity contribution is 9.10. The minimum atomic E-state index is -0.772. The van der Waals surface area contributed by atoms with Crippen LogP contribution >= 0.6 is 15.9 Å². The van der Waals surface area contributed by atoms with E-state index in [0.29, 0.717) is 13.0 Å². The molecule has 2 rings (SSSR count). The Morgan fingerprint density at radius 1 is 1.47 bits per heavy atom. The molecule has 0 saturated carbocycles. The van der Waals surface area contributed by atoms with E-state index in [2.05, 4.69) is 26.6 Å². The molecule has 0 radical (unpaired) electrons. The number of carbonyl (C=O) groups is 1. The van der Waals surface area contributed by atoms with Crippen molar-refractivity contribution in [1.29, 1.82) is 0 Å². The first-order chi connectivity index (χ1) is 8.98. The molecule has 1 aliphatic rings. The van der Waals surface area contributed by atoms with Gasteiger partial charge < -0.3 is 10.6 Å². The molecule has 1 aromatic carbocycles. The molecule has 104 valence electrons. The zero-order valence-corrected chi connectivity index (χ0v) is 12.1. The van der Waals surface area contributed by atoms with Gasteiger partial charge in [0.05, 0.1) is 15.6 Å². The standard InChI is InChI=1S/C13H15BrF2N2O/c1-2-13(3-4-17-7-13)12(19)18-11-5-8(14)9(15)6-10(11)16/h5-6,17H,2-4,7H2,1H3,(H,18,19). The molecular formula is C13H15BrF2N2O. The Morgan fingerprint density at radius 2 is 2.21 bits per heavy atom. The molecule has 0 aliphatic carbocycles. The van der Waals surface area contributed by atoms with Crippen molar-refractivity contribution in [3.05, 3.63) is 28.2 Å². The summed E-state index contributed by atoms with van der Waals surface area (Å²) in [6.07, 6.45) is 1.40. The summed E-state index contributed by atoms with van der Waals surface area (Å²) in [5, 5.41) is 5.70. The molecular weight excluding hydrogens is 318 g/mol. The van der Waals surface area contributed by atoms with E-state index in [1.807, 2.05) is 6.92 Å². The summed E-state index contributed by atoms with van der Waals surface area (Å²) in [6.45, 7) is 3.29. The summed E-state index contributed by atoms with van der Waals surface area (Å²) in [6, 6.07) is 2.00. The molecule has 0 spiro atoms. The van der Waals surface area contributed by atoms with E-state index in [0.717, 1.165) is 19.0 Å². The number of amides is 1. The molecule has 1 saturated heterocycles. The van der Waals surface area contributed by atoms with Gasteiger partial charge in [-0.25, -0.2) is 8.78 Å². The van der Waals surface area contributed by atoms with Crippen LogP contribution < -0.4 is 10.6 Å². The molecule has 1 heterocycles. The van der Waals surface area contributed by atoms with Gasteiger partial charge in [-0.3, -0.25) is 4.79 Å². The van der Waals surface area contributed by atoms with Gasteiger partial charge in [-0.15, -0.1) is 0 Å². The summed E-state index contributed by atoms with van der Waals surface area (Å²) in [5.41, 5.74) is -0.508. The number of rotatable bonds is 3. The monoisotopic (exact) mass is 332 g/mol. The van der Waals surface area contributed by atoms with Gasteiger partial charge in [0.25, 0.3) is 0 Å². The maximum absolute atomic E-state index is 13.6. The minimum absolute atomic E-state index is 0.00185. The lowest BCUT2D eigenvalue weighted by molar-refractivity contribution is -0.124. The Hall–Kier alpha value is -1.01. The molecule has 1 fully saturated rings. The van der Waals surface area contributed by atoms with E-state index >= 15 is 0 Å². The van der Waals surface area contributed by atoms with E-state index in [1.165, 1.54) is 6.07 Å². The fourth-order valence-corrected chi connectivity index (χ4v) is 2.62. The van der Waals surface area contributed by atoms with Crippen molar-refractivity contribution in [3.63, 3.8) is 0 Å². The molecule has 0 aromatic heterocycles. The van der Waals surface area contributed by atoms with Crippen molar-refractivity contribution < 1.29 is 13.6 Å². The van der Waals surface area contributed by atoms with E-state index < -0.39 is 17.0 Å². The van der Waals surface area contributed by atoms with Gasteiger partial charge >= 0.3 is 0 Å². The fourth-order valence-electron chi connectivity index (χ4n) is 2.27. The summed E-state index contributed by atoms with van der Waals surface area (Å²) in [7, 11) is 0. The molecule has 6 heteroatoms. The van der Waals surface area contributed by atoms with Crippen molar-refractivity contribution in [2.24, 2.45) is 5.41 Å². The van der Waals surface area contributed by atoms with Crippen LogP contribution in [-0.2, 0) is 4.79 Å². The quantitative estimate of drug-likeness (QED) is 0.835. The molecule has 0 bridgehead atoms. The molecule has 1 atom stereocenters. The van der Waals surface area contributed by atoms with Gasteiger partial charge in [-0.05, 0) is 41.4 Å². The number of carbonyl (C=O) groups excluding carboxylic acids is 1. The Labute approximate surface area is 118 Å². The number of hydrogen-bond donors (Lipinski definition) is 2. The molecule has 1 aliphatic heterocycles. The zero-order chi connectivity index (χ0) is 14.0. The second-order valence-corrected chi connectivity index (χ2v) is 5.62. The Bertz CT molecular complexity index is 502. The second kappa shape index (κ2) is 5.54. The van der Waals surface area contributed by atoms with Gasteiger partial charge in [0.15, 0.2) is 0 Å². The van der Waals surface area contributed by atoms with Crippen LogP contribution in [0.1, 0.15) is 19.8 Å². The zero-order valence-electron chi connectivity index (χ0n) is 10.5. The van der Waals surface area contributed by atoms with Crippen molar-refractivity contribution in [2.45, 2.75) is 19.8 Å². The molecule has 1 unspecified atom stereocenters. The number of anilines is 1. The summed E-state index contributed by atoms with van der Waals surface area (Å²) < 4.78 is 26.9. The largest absolute Gasteiger partial charge is 0.323 e. The van der Waals surface area contributed by atoms with Gasteiger partial charge in [0.1, 0.15) is 11.6 Å². The SMILES string of the molecule is CCC1(C(=O)Nc2cc(Br)c(F)cc2F)CCNC1. The molecule has 2 N–H and O–H groups in total. The van der Waals surface area contributed by atoms with Crippen LogP contribution in [0.2, 0.25) is 0 Å². The Morgan fingerprint density at radius 3 is 2.79 bits per heavy atom. The predicted octanol–water partition coefficient (Wildman–Crippen LogP) is 3.06. The van der Waals surface area contributed by atoms with Gasteiger partial charge in [-0.1, -0.05) is 6.92 Å². The highest BCUT2D eigenvalue weighted by Crippen LogP contribution is 2.32. The number of halogens is 3. The lowest BCUT2D eigenvalue weighted by Crippen LogP contribution is -2.37. The van der Waals surface area contributed by atoms with Gasteiger partial charge in [0, 0.05) is 12.6 Å². The highest BCUT2D eigenvalue weighted by atomic mass is 79.9. The van der Waals surface area contributed by atoms with Crippen LogP contribution in [0.3, 0.4) is 0 Å². The predicted molar refractivity (Wildman–Crippen MR) is 72.9 cm³/mol. The third kappa shape index (κ3) is 2.79. The van der Waals surface area contributed by atoms with E-state index in [-0.39, 0.29) is 16.1 Å². The number of hydrogen-bond acceptors (Lipinski definition) is 2. The minimum Gasteiger partial charge on any atom is -0.323 e. The van der Waals surface area contributed by atoms with E-state index in [4.69, 9.17) is 0 Å². The summed E-state index contributed by atoms with van der Waals surface area (Å²) >= 11 is 2.98. The highest BCUT2D eigenvalue weighted by Gasteiger charge is 2.39. The Balaban J connectivity index is 2.21. The molecule has 1 aromatic rings. The first-order valence-corrected chi connectivity index (χ1v) is 6.94. The average molecular weight is 333 g/mol. The maximum atomic E-state index is 13.6. The van der Waals surface area contributed by atoms with Crippen molar-refractivity contribution in [1.82, 2.24) is 5.32 Å². The topological polar surface area (TPSA) is 41.1 Å². The number of benzene rings is 1. The normalized spacial score (nSPS) is 22.5. The smallest absolute Gasteiger partial charge is 0.231 e. The van der Waals surface area contributed by atoms with Crippen LogP contribution in [-0.4, -0.2) is 19.0 Å². The fraction of sp³-hybridized carbons (Fsp3) is 0.462.